The molecule has 1 amide bonds. The van der Waals surface area contributed by atoms with E-state index in [-0.39, 0.29) is 18.0 Å². The van der Waals surface area contributed by atoms with Crippen molar-refractivity contribution >= 4 is 34.8 Å². The number of carbonyl (C=O) groups excluding carboxylic acids is 1. The normalized spacial score (nSPS) is 16.1. The second-order valence-electron chi connectivity index (χ2n) is 8.09. The molecule has 3 aromatic carbocycles. The molecule has 4 rings (SSSR count). The number of nitrogens with zero attached hydrogens (tertiary/aromatic N) is 2. The van der Waals surface area contributed by atoms with Crippen LogP contribution in [0.25, 0.3) is 0 Å². The van der Waals surface area contributed by atoms with Crippen LogP contribution in [0.4, 0.5) is 5.69 Å². The first kappa shape index (κ1) is 22.8. The predicted octanol–water partition coefficient (Wildman–Crippen LogP) is 5.73. The van der Waals surface area contributed by atoms with Crippen molar-refractivity contribution in [3.05, 3.63) is 100 Å². The Kier molecular flexibility index (Phi) is 7.48. The molecular formula is C26H27Cl2N3O. The molecule has 1 saturated heterocycles. The molecule has 32 heavy (non-hydrogen) atoms. The third-order valence-electron chi connectivity index (χ3n) is 6.06. The lowest BCUT2D eigenvalue weighted by Gasteiger charge is -2.41. The van der Waals surface area contributed by atoms with Crippen molar-refractivity contribution in [2.45, 2.75) is 19.0 Å². The average molecular weight is 468 g/mol. The van der Waals surface area contributed by atoms with Crippen LogP contribution in [0.1, 0.15) is 24.1 Å². The van der Waals surface area contributed by atoms with Crippen LogP contribution in [0, 0.1) is 0 Å². The van der Waals surface area contributed by atoms with E-state index in [0.29, 0.717) is 15.7 Å². The SMILES string of the molecule is C[C@@H](C(=O)Nc1ccc(Cl)cc1Cl)N1CCN(C(c2ccccc2)c2ccccc2)CC1. The van der Waals surface area contributed by atoms with E-state index < -0.39 is 0 Å². The largest absolute Gasteiger partial charge is 0.323 e. The van der Waals surface area contributed by atoms with Gasteiger partial charge in [0.1, 0.15) is 0 Å². The van der Waals surface area contributed by atoms with E-state index >= 15 is 0 Å². The number of benzene rings is 3. The number of anilines is 1. The Morgan fingerprint density at radius 2 is 1.34 bits per heavy atom. The van der Waals surface area contributed by atoms with Gasteiger partial charge in [0.25, 0.3) is 0 Å². The molecule has 0 spiro atoms. The van der Waals surface area contributed by atoms with Crippen molar-refractivity contribution in [2.75, 3.05) is 31.5 Å². The van der Waals surface area contributed by atoms with E-state index in [1.807, 2.05) is 6.92 Å². The molecule has 0 saturated carbocycles. The Labute approximate surface area is 199 Å². The highest BCUT2D eigenvalue weighted by molar-refractivity contribution is 6.36. The fraction of sp³-hybridized carbons (Fsp3) is 0.269. The fourth-order valence-electron chi connectivity index (χ4n) is 4.26. The second-order valence-corrected chi connectivity index (χ2v) is 8.93. The molecule has 6 heteroatoms. The summed E-state index contributed by atoms with van der Waals surface area (Å²) in [5.74, 6) is -0.0645. The zero-order valence-corrected chi connectivity index (χ0v) is 19.6. The highest BCUT2D eigenvalue weighted by Crippen LogP contribution is 2.30. The van der Waals surface area contributed by atoms with E-state index in [4.69, 9.17) is 23.2 Å². The van der Waals surface area contributed by atoms with Gasteiger partial charge in [-0.25, -0.2) is 0 Å². The molecule has 1 aliphatic heterocycles. The van der Waals surface area contributed by atoms with E-state index in [1.54, 1.807) is 18.2 Å². The first-order chi connectivity index (χ1) is 15.5. The Morgan fingerprint density at radius 3 is 1.88 bits per heavy atom. The van der Waals surface area contributed by atoms with Gasteiger partial charge in [0, 0.05) is 31.2 Å². The fourth-order valence-corrected chi connectivity index (χ4v) is 4.72. The number of hydrogen-bond donors (Lipinski definition) is 1. The minimum atomic E-state index is -0.254. The molecular weight excluding hydrogens is 441 g/mol. The van der Waals surface area contributed by atoms with Crippen LogP contribution in [-0.4, -0.2) is 47.9 Å². The van der Waals surface area contributed by atoms with Gasteiger partial charge in [0.15, 0.2) is 0 Å². The smallest absolute Gasteiger partial charge is 0.241 e. The number of nitrogens with one attached hydrogen (secondary N) is 1. The lowest BCUT2D eigenvalue weighted by atomic mass is 9.96. The van der Waals surface area contributed by atoms with Crippen LogP contribution in [0.15, 0.2) is 78.9 Å². The number of piperazine rings is 1. The first-order valence-electron chi connectivity index (χ1n) is 10.9. The van der Waals surface area contributed by atoms with Gasteiger partial charge in [-0.05, 0) is 36.2 Å². The third-order valence-corrected chi connectivity index (χ3v) is 6.61. The molecule has 1 fully saturated rings. The second kappa shape index (κ2) is 10.5. The van der Waals surface area contributed by atoms with Crippen molar-refractivity contribution in [1.29, 1.82) is 0 Å². The molecule has 0 radical (unpaired) electrons. The van der Waals surface area contributed by atoms with Gasteiger partial charge in [0.2, 0.25) is 5.91 Å². The highest BCUT2D eigenvalue weighted by Gasteiger charge is 2.30. The molecule has 1 heterocycles. The summed E-state index contributed by atoms with van der Waals surface area (Å²) in [6.45, 7) is 5.35. The lowest BCUT2D eigenvalue weighted by Crippen LogP contribution is -2.53. The number of amides is 1. The molecule has 0 unspecified atom stereocenters. The minimum Gasteiger partial charge on any atom is -0.323 e. The summed E-state index contributed by atoms with van der Waals surface area (Å²) in [5, 5.41) is 3.92. The summed E-state index contributed by atoms with van der Waals surface area (Å²) >= 11 is 12.2. The summed E-state index contributed by atoms with van der Waals surface area (Å²) in [7, 11) is 0. The monoisotopic (exact) mass is 467 g/mol. The molecule has 0 aliphatic carbocycles. The topological polar surface area (TPSA) is 35.6 Å². The molecule has 0 aromatic heterocycles. The van der Waals surface area contributed by atoms with Crippen LogP contribution in [0.3, 0.4) is 0 Å². The lowest BCUT2D eigenvalue weighted by molar-refractivity contribution is -0.121. The van der Waals surface area contributed by atoms with Crippen molar-refractivity contribution in [3.8, 4) is 0 Å². The average Bonchev–Trinajstić information content (AvgIpc) is 2.82. The van der Waals surface area contributed by atoms with Gasteiger partial charge in [-0.2, -0.15) is 0 Å². The van der Waals surface area contributed by atoms with E-state index in [9.17, 15) is 4.79 Å². The summed E-state index contributed by atoms with van der Waals surface area (Å²) in [5.41, 5.74) is 3.16. The van der Waals surface area contributed by atoms with Crippen molar-refractivity contribution in [1.82, 2.24) is 9.80 Å². The number of rotatable bonds is 6. The predicted molar refractivity (Wildman–Crippen MR) is 132 cm³/mol. The molecule has 3 aromatic rings. The standard InChI is InChI=1S/C26H27Cl2N3O/c1-19(26(32)29-24-13-12-22(27)18-23(24)28)30-14-16-31(17-15-30)25(20-8-4-2-5-9-20)21-10-6-3-7-11-21/h2-13,18-19,25H,14-17H2,1H3,(H,29,32)/t19-/m0/s1. The van der Waals surface area contributed by atoms with E-state index in [0.717, 1.165) is 26.2 Å². The van der Waals surface area contributed by atoms with Gasteiger partial charge >= 0.3 is 0 Å². The highest BCUT2D eigenvalue weighted by atomic mass is 35.5. The van der Waals surface area contributed by atoms with Crippen LogP contribution >= 0.6 is 23.2 Å². The maximum atomic E-state index is 12.8. The Bertz CT molecular complexity index is 998. The Morgan fingerprint density at radius 1 is 0.812 bits per heavy atom. The zero-order valence-electron chi connectivity index (χ0n) is 18.0. The summed E-state index contributed by atoms with van der Waals surface area (Å²) < 4.78 is 0. The van der Waals surface area contributed by atoms with Crippen LogP contribution < -0.4 is 5.32 Å². The molecule has 1 atom stereocenters. The maximum absolute atomic E-state index is 12.8. The quantitative estimate of drug-likeness (QED) is 0.502. The summed E-state index contributed by atoms with van der Waals surface area (Å²) in [6, 6.07) is 26.3. The van der Waals surface area contributed by atoms with Gasteiger partial charge < -0.3 is 5.32 Å². The van der Waals surface area contributed by atoms with Crippen molar-refractivity contribution < 1.29 is 4.79 Å². The minimum absolute atomic E-state index is 0.0645. The van der Waals surface area contributed by atoms with Gasteiger partial charge in [-0.1, -0.05) is 83.9 Å². The van der Waals surface area contributed by atoms with Crippen molar-refractivity contribution in [2.24, 2.45) is 0 Å². The van der Waals surface area contributed by atoms with E-state index in [1.165, 1.54) is 11.1 Å². The zero-order chi connectivity index (χ0) is 22.5. The van der Waals surface area contributed by atoms with Gasteiger partial charge in [-0.3, -0.25) is 14.6 Å². The van der Waals surface area contributed by atoms with Crippen LogP contribution in [0.5, 0.6) is 0 Å². The van der Waals surface area contributed by atoms with Crippen molar-refractivity contribution in [3.63, 3.8) is 0 Å². The summed E-state index contributed by atoms with van der Waals surface area (Å²) in [4.78, 5) is 17.6. The van der Waals surface area contributed by atoms with E-state index in [2.05, 4.69) is 75.8 Å². The summed E-state index contributed by atoms with van der Waals surface area (Å²) in [6.07, 6.45) is 0. The Hall–Kier alpha value is -2.37. The number of halogens is 2. The molecule has 1 aliphatic rings. The number of carbonyl (C=O) groups is 1. The van der Waals surface area contributed by atoms with Crippen LogP contribution in [-0.2, 0) is 4.79 Å². The Balaban J connectivity index is 1.42. The van der Waals surface area contributed by atoms with Crippen LogP contribution in [0.2, 0.25) is 10.0 Å². The maximum Gasteiger partial charge on any atom is 0.241 e. The van der Waals surface area contributed by atoms with Gasteiger partial charge in [0.05, 0.1) is 22.8 Å². The molecule has 0 bridgehead atoms. The third kappa shape index (κ3) is 5.33. The van der Waals surface area contributed by atoms with Gasteiger partial charge in [-0.15, -0.1) is 0 Å². The molecule has 4 nitrogen and oxygen atoms in total. The molecule has 166 valence electrons. The molecule has 1 N–H and O–H groups in total. The number of hydrogen-bond acceptors (Lipinski definition) is 3. The first-order valence-corrected chi connectivity index (χ1v) is 11.6.